The van der Waals surface area contributed by atoms with Gasteiger partial charge in [-0.3, -0.25) is 4.79 Å². The largest absolute Gasteiger partial charge is 0.493 e. The number of nitrogens with one attached hydrogen (secondary N) is 1. The number of benzene rings is 2. The molecule has 1 aliphatic rings. The van der Waals surface area contributed by atoms with Gasteiger partial charge in [0.25, 0.3) is 5.91 Å². The summed E-state index contributed by atoms with van der Waals surface area (Å²) in [5.41, 5.74) is 1.74. The van der Waals surface area contributed by atoms with Crippen LogP contribution in [0.1, 0.15) is 41.7 Å². The first-order chi connectivity index (χ1) is 11.7. The van der Waals surface area contributed by atoms with Crippen molar-refractivity contribution < 1.29 is 14.3 Å². The van der Waals surface area contributed by atoms with Crippen LogP contribution < -0.4 is 14.8 Å². The molecule has 24 heavy (non-hydrogen) atoms. The van der Waals surface area contributed by atoms with E-state index in [-0.39, 0.29) is 11.9 Å². The number of ether oxygens (including phenoxy) is 2. The highest BCUT2D eigenvalue weighted by Crippen LogP contribution is 2.41. The molecule has 0 heterocycles. The normalized spacial score (nSPS) is 14.8. The Hall–Kier alpha value is -2.49. The number of rotatable bonds is 7. The van der Waals surface area contributed by atoms with Gasteiger partial charge < -0.3 is 14.8 Å². The first-order valence-electron chi connectivity index (χ1n) is 8.39. The van der Waals surface area contributed by atoms with Crippen LogP contribution in [-0.4, -0.2) is 19.6 Å². The van der Waals surface area contributed by atoms with E-state index in [2.05, 4.69) is 17.4 Å². The standard InChI is InChI=1S/C20H23NO3/c1-3-24-18-13-16(11-12-17(18)23-2)20(22)21-19(15-9-10-15)14-7-5-4-6-8-14/h4-8,11-13,15,19H,3,9-10H2,1-2H3,(H,21,22). The van der Waals surface area contributed by atoms with Gasteiger partial charge in [-0.25, -0.2) is 0 Å². The lowest BCUT2D eigenvalue weighted by Gasteiger charge is -2.19. The zero-order valence-electron chi connectivity index (χ0n) is 14.1. The van der Waals surface area contributed by atoms with Crippen LogP contribution in [-0.2, 0) is 0 Å². The molecule has 0 radical (unpaired) electrons. The van der Waals surface area contributed by atoms with Crippen molar-refractivity contribution in [2.45, 2.75) is 25.8 Å². The predicted octanol–water partition coefficient (Wildman–Crippen LogP) is 3.98. The Morgan fingerprint density at radius 2 is 1.92 bits per heavy atom. The van der Waals surface area contributed by atoms with Crippen molar-refractivity contribution in [2.75, 3.05) is 13.7 Å². The summed E-state index contributed by atoms with van der Waals surface area (Å²) in [7, 11) is 1.59. The summed E-state index contributed by atoms with van der Waals surface area (Å²) in [6, 6.07) is 15.5. The highest BCUT2D eigenvalue weighted by molar-refractivity contribution is 5.95. The maximum atomic E-state index is 12.7. The third-order valence-corrected chi connectivity index (χ3v) is 4.26. The molecule has 1 aliphatic carbocycles. The molecule has 126 valence electrons. The van der Waals surface area contributed by atoms with Gasteiger partial charge in [0.05, 0.1) is 19.8 Å². The van der Waals surface area contributed by atoms with Gasteiger partial charge >= 0.3 is 0 Å². The number of methoxy groups -OCH3 is 1. The minimum Gasteiger partial charge on any atom is -0.493 e. The van der Waals surface area contributed by atoms with E-state index in [1.165, 1.54) is 0 Å². The molecule has 1 fully saturated rings. The average molecular weight is 325 g/mol. The second-order valence-electron chi connectivity index (χ2n) is 6.00. The maximum Gasteiger partial charge on any atom is 0.251 e. The van der Waals surface area contributed by atoms with Crippen LogP contribution in [0.4, 0.5) is 0 Å². The fourth-order valence-electron chi connectivity index (χ4n) is 2.87. The molecule has 0 bridgehead atoms. The summed E-state index contributed by atoms with van der Waals surface area (Å²) in [6.45, 7) is 2.43. The van der Waals surface area contributed by atoms with Crippen molar-refractivity contribution in [3.8, 4) is 11.5 Å². The zero-order chi connectivity index (χ0) is 16.9. The Morgan fingerprint density at radius 1 is 1.17 bits per heavy atom. The molecule has 4 nitrogen and oxygen atoms in total. The first-order valence-corrected chi connectivity index (χ1v) is 8.39. The molecule has 1 amide bonds. The van der Waals surface area contributed by atoms with Gasteiger partial charge in [0.2, 0.25) is 0 Å². The lowest BCUT2D eigenvalue weighted by atomic mass is 10.0. The van der Waals surface area contributed by atoms with Crippen molar-refractivity contribution in [3.05, 3.63) is 59.7 Å². The van der Waals surface area contributed by atoms with E-state index in [9.17, 15) is 4.79 Å². The maximum absolute atomic E-state index is 12.7. The third-order valence-electron chi connectivity index (χ3n) is 4.26. The molecule has 3 rings (SSSR count). The molecule has 2 aromatic carbocycles. The van der Waals surface area contributed by atoms with Crippen LogP contribution >= 0.6 is 0 Å². The molecule has 1 unspecified atom stereocenters. The van der Waals surface area contributed by atoms with Crippen molar-refractivity contribution in [1.82, 2.24) is 5.32 Å². The minimum atomic E-state index is -0.0839. The highest BCUT2D eigenvalue weighted by Gasteiger charge is 2.33. The molecule has 1 atom stereocenters. The van der Waals surface area contributed by atoms with Crippen LogP contribution in [0.15, 0.2) is 48.5 Å². The van der Waals surface area contributed by atoms with Crippen molar-refractivity contribution in [2.24, 2.45) is 5.92 Å². The van der Waals surface area contributed by atoms with Crippen LogP contribution in [0.5, 0.6) is 11.5 Å². The second kappa shape index (κ2) is 7.39. The molecule has 1 saturated carbocycles. The SMILES string of the molecule is CCOc1cc(C(=O)NC(c2ccccc2)C2CC2)ccc1OC. The fourth-order valence-corrected chi connectivity index (χ4v) is 2.87. The number of hydrogen-bond donors (Lipinski definition) is 1. The fraction of sp³-hybridized carbons (Fsp3) is 0.350. The Labute approximate surface area is 142 Å². The van der Waals surface area contributed by atoms with Crippen molar-refractivity contribution in [3.63, 3.8) is 0 Å². The van der Waals surface area contributed by atoms with E-state index >= 15 is 0 Å². The van der Waals surface area contributed by atoms with Gasteiger partial charge in [-0.1, -0.05) is 30.3 Å². The summed E-state index contributed by atoms with van der Waals surface area (Å²) < 4.78 is 10.8. The zero-order valence-corrected chi connectivity index (χ0v) is 14.1. The topological polar surface area (TPSA) is 47.6 Å². The lowest BCUT2D eigenvalue weighted by Crippen LogP contribution is -2.29. The molecule has 0 aromatic heterocycles. The van der Waals surface area contributed by atoms with Gasteiger partial charge in [0.15, 0.2) is 11.5 Å². The molecular formula is C20H23NO3. The number of carbonyl (C=O) groups excluding carboxylic acids is 1. The van der Waals surface area contributed by atoms with E-state index in [0.717, 1.165) is 18.4 Å². The summed E-state index contributed by atoms with van der Waals surface area (Å²) in [4.78, 5) is 12.7. The molecular weight excluding hydrogens is 302 g/mol. The van der Waals surface area contributed by atoms with Gasteiger partial charge in [0, 0.05) is 5.56 Å². The van der Waals surface area contributed by atoms with Crippen LogP contribution in [0.2, 0.25) is 0 Å². The van der Waals surface area contributed by atoms with E-state index in [0.29, 0.717) is 29.6 Å². The van der Waals surface area contributed by atoms with Crippen molar-refractivity contribution in [1.29, 1.82) is 0 Å². The summed E-state index contributed by atoms with van der Waals surface area (Å²) in [6.07, 6.45) is 2.32. The van der Waals surface area contributed by atoms with Crippen LogP contribution in [0, 0.1) is 5.92 Å². The number of amides is 1. The lowest BCUT2D eigenvalue weighted by molar-refractivity contribution is 0.0931. The predicted molar refractivity (Wildman–Crippen MR) is 93.5 cm³/mol. The average Bonchev–Trinajstić information content (AvgIpc) is 3.45. The molecule has 0 saturated heterocycles. The highest BCUT2D eigenvalue weighted by atomic mass is 16.5. The Kier molecular flexibility index (Phi) is 5.04. The summed E-state index contributed by atoms with van der Waals surface area (Å²) >= 11 is 0. The third kappa shape index (κ3) is 3.70. The van der Waals surface area contributed by atoms with Gasteiger partial charge in [-0.05, 0) is 49.4 Å². The van der Waals surface area contributed by atoms with E-state index in [4.69, 9.17) is 9.47 Å². The first kappa shape index (κ1) is 16.4. The molecule has 4 heteroatoms. The molecule has 1 N–H and O–H groups in total. The van der Waals surface area contributed by atoms with Crippen molar-refractivity contribution >= 4 is 5.91 Å². The van der Waals surface area contributed by atoms with E-state index < -0.39 is 0 Å². The molecule has 0 aliphatic heterocycles. The minimum absolute atomic E-state index is 0.0661. The number of carbonyl (C=O) groups is 1. The van der Waals surface area contributed by atoms with Crippen LogP contribution in [0.25, 0.3) is 0 Å². The molecule has 2 aromatic rings. The summed E-state index contributed by atoms with van der Waals surface area (Å²) in [5.74, 6) is 1.67. The number of hydrogen-bond acceptors (Lipinski definition) is 3. The quantitative estimate of drug-likeness (QED) is 0.838. The molecule has 0 spiro atoms. The Bertz CT molecular complexity index is 695. The monoisotopic (exact) mass is 325 g/mol. The van der Waals surface area contributed by atoms with Gasteiger partial charge in [-0.2, -0.15) is 0 Å². The van der Waals surface area contributed by atoms with E-state index in [1.54, 1.807) is 25.3 Å². The smallest absolute Gasteiger partial charge is 0.251 e. The Morgan fingerprint density at radius 3 is 2.54 bits per heavy atom. The van der Waals surface area contributed by atoms with Crippen LogP contribution in [0.3, 0.4) is 0 Å². The van der Waals surface area contributed by atoms with Gasteiger partial charge in [0.1, 0.15) is 0 Å². The summed E-state index contributed by atoms with van der Waals surface area (Å²) in [5, 5.41) is 3.18. The van der Waals surface area contributed by atoms with Gasteiger partial charge in [-0.15, -0.1) is 0 Å². The van der Waals surface area contributed by atoms with E-state index in [1.807, 2.05) is 25.1 Å². The Balaban J connectivity index is 1.79. The second-order valence-corrected chi connectivity index (χ2v) is 6.00.